The summed E-state index contributed by atoms with van der Waals surface area (Å²) >= 11 is 0. The number of nitrogens with one attached hydrogen (secondary N) is 1. The standard InChI is InChI=1S/C9H13N3O/c10-5-6-12-8-4-2-1-3-7(8)11-9(12)13/h1-4,9,11,13H,5-6,10H2. The Balaban J connectivity index is 2.29. The number of nitrogens with zero attached hydrogens (tertiary/aromatic N) is 1. The minimum atomic E-state index is -0.638. The summed E-state index contributed by atoms with van der Waals surface area (Å²) in [5.41, 5.74) is 7.42. The van der Waals surface area contributed by atoms with E-state index in [-0.39, 0.29) is 0 Å². The zero-order chi connectivity index (χ0) is 9.26. The smallest absolute Gasteiger partial charge is 0.205 e. The Morgan fingerprint density at radius 2 is 2.23 bits per heavy atom. The summed E-state index contributed by atoms with van der Waals surface area (Å²) in [6.07, 6.45) is -0.638. The lowest BCUT2D eigenvalue weighted by molar-refractivity contribution is 0.204. The Bertz CT molecular complexity index is 303. The normalized spacial score (nSPS) is 19.8. The van der Waals surface area contributed by atoms with E-state index in [0.29, 0.717) is 13.1 Å². The Kier molecular flexibility index (Phi) is 2.08. The molecule has 1 aliphatic rings. The first-order chi connectivity index (χ1) is 6.33. The predicted molar refractivity (Wildman–Crippen MR) is 52.5 cm³/mol. The Morgan fingerprint density at radius 3 is 3.00 bits per heavy atom. The molecule has 13 heavy (non-hydrogen) atoms. The number of anilines is 2. The van der Waals surface area contributed by atoms with E-state index in [2.05, 4.69) is 5.32 Å². The van der Waals surface area contributed by atoms with Gasteiger partial charge < -0.3 is 21.1 Å². The van der Waals surface area contributed by atoms with Crippen molar-refractivity contribution < 1.29 is 5.11 Å². The molecule has 4 heteroatoms. The van der Waals surface area contributed by atoms with Gasteiger partial charge in [0.25, 0.3) is 0 Å². The van der Waals surface area contributed by atoms with Crippen LogP contribution in [0.5, 0.6) is 0 Å². The van der Waals surface area contributed by atoms with E-state index in [1.165, 1.54) is 0 Å². The van der Waals surface area contributed by atoms with Crippen LogP contribution in [0.15, 0.2) is 24.3 Å². The van der Waals surface area contributed by atoms with Crippen molar-refractivity contribution >= 4 is 11.4 Å². The predicted octanol–water partition coefficient (Wildman–Crippen LogP) is 0.153. The molecule has 0 saturated heterocycles. The molecule has 1 aromatic rings. The van der Waals surface area contributed by atoms with Gasteiger partial charge in [-0.05, 0) is 12.1 Å². The van der Waals surface area contributed by atoms with Crippen molar-refractivity contribution in [2.45, 2.75) is 6.35 Å². The van der Waals surface area contributed by atoms with Gasteiger partial charge in [0.2, 0.25) is 6.35 Å². The van der Waals surface area contributed by atoms with Crippen molar-refractivity contribution in [3.8, 4) is 0 Å². The number of benzene rings is 1. The average molecular weight is 179 g/mol. The average Bonchev–Trinajstić information content (AvgIpc) is 2.44. The van der Waals surface area contributed by atoms with Crippen LogP contribution < -0.4 is 16.0 Å². The quantitative estimate of drug-likeness (QED) is 0.605. The maximum atomic E-state index is 9.60. The molecule has 0 aromatic heterocycles. The first-order valence-corrected chi connectivity index (χ1v) is 4.33. The van der Waals surface area contributed by atoms with Crippen LogP contribution in [0.3, 0.4) is 0 Å². The van der Waals surface area contributed by atoms with E-state index in [9.17, 15) is 5.11 Å². The lowest BCUT2D eigenvalue weighted by Gasteiger charge is -2.21. The van der Waals surface area contributed by atoms with Gasteiger partial charge in [-0.3, -0.25) is 0 Å². The molecule has 1 unspecified atom stereocenters. The first-order valence-electron chi connectivity index (χ1n) is 4.33. The zero-order valence-corrected chi connectivity index (χ0v) is 7.27. The van der Waals surface area contributed by atoms with Gasteiger partial charge in [-0.2, -0.15) is 0 Å². The van der Waals surface area contributed by atoms with Crippen molar-refractivity contribution in [3.05, 3.63) is 24.3 Å². The summed E-state index contributed by atoms with van der Waals surface area (Å²) in [6.45, 7) is 1.19. The fourth-order valence-corrected chi connectivity index (χ4v) is 1.58. The van der Waals surface area contributed by atoms with Gasteiger partial charge in [-0.1, -0.05) is 12.1 Å². The molecule has 2 rings (SSSR count). The molecule has 1 atom stereocenters. The van der Waals surface area contributed by atoms with Gasteiger partial charge in [0, 0.05) is 13.1 Å². The third-order valence-corrected chi connectivity index (χ3v) is 2.16. The van der Waals surface area contributed by atoms with E-state index < -0.39 is 6.35 Å². The highest BCUT2D eigenvalue weighted by atomic mass is 16.3. The molecule has 0 saturated carbocycles. The van der Waals surface area contributed by atoms with Crippen molar-refractivity contribution in [1.82, 2.24) is 0 Å². The number of nitrogens with two attached hydrogens (primary N) is 1. The Labute approximate surface area is 77.0 Å². The fourth-order valence-electron chi connectivity index (χ4n) is 1.58. The van der Waals surface area contributed by atoms with Crippen LogP contribution in [-0.2, 0) is 0 Å². The van der Waals surface area contributed by atoms with E-state index >= 15 is 0 Å². The van der Waals surface area contributed by atoms with Gasteiger partial charge in [-0.25, -0.2) is 0 Å². The van der Waals surface area contributed by atoms with Crippen LogP contribution in [0.25, 0.3) is 0 Å². The molecule has 0 fully saturated rings. The fraction of sp³-hybridized carbons (Fsp3) is 0.333. The molecule has 0 bridgehead atoms. The summed E-state index contributed by atoms with van der Waals surface area (Å²) in [5, 5.41) is 12.6. The number of aliphatic hydroxyl groups is 1. The Hall–Kier alpha value is -1.26. The van der Waals surface area contributed by atoms with Crippen LogP contribution in [0.2, 0.25) is 0 Å². The molecular weight excluding hydrogens is 166 g/mol. The minimum Gasteiger partial charge on any atom is -0.356 e. The molecule has 4 N–H and O–H groups in total. The molecule has 0 spiro atoms. The summed E-state index contributed by atoms with van der Waals surface area (Å²) in [6, 6.07) is 7.79. The second-order valence-corrected chi connectivity index (χ2v) is 3.02. The molecule has 1 aromatic carbocycles. The number of rotatable bonds is 2. The van der Waals surface area contributed by atoms with Gasteiger partial charge in [0.1, 0.15) is 0 Å². The highest BCUT2D eigenvalue weighted by Gasteiger charge is 2.24. The third kappa shape index (κ3) is 1.34. The first kappa shape index (κ1) is 8.34. The third-order valence-electron chi connectivity index (χ3n) is 2.16. The van der Waals surface area contributed by atoms with Crippen LogP contribution in [0.1, 0.15) is 0 Å². The maximum absolute atomic E-state index is 9.60. The number of hydrogen-bond donors (Lipinski definition) is 3. The van der Waals surface area contributed by atoms with Crippen molar-refractivity contribution in [2.24, 2.45) is 5.73 Å². The number of hydrogen-bond acceptors (Lipinski definition) is 4. The number of fused-ring (bicyclic) bond motifs is 1. The molecule has 1 aliphatic heterocycles. The van der Waals surface area contributed by atoms with E-state index in [4.69, 9.17) is 5.73 Å². The lowest BCUT2D eigenvalue weighted by Crippen LogP contribution is -2.38. The second-order valence-electron chi connectivity index (χ2n) is 3.02. The summed E-state index contributed by atoms with van der Waals surface area (Å²) < 4.78 is 0. The van der Waals surface area contributed by atoms with Crippen LogP contribution in [-0.4, -0.2) is 24.5 Å². The van der Waals surface area contributed by atoms with Crippen LogP contribution in [0.4, 0.5) is 11.4 Å². The van der Waals surface area contributed by atoms with E-state index in [1.54, 1.807) is 0 Å². The van der Waals surface area contributed by atoms with Gasteiger partial charge in [0.05, 0.1) is 11.4 Å². The van der Waals surface area contributed by atoms with Gasteiger partial charge in [0.15, 0.2) is 0 Å². The van der Waals surface area contributed by atoms with Crippen LogP contribution in [0, 0.1) is 0 Å². The van der Waals surface area contributed by atoms with E-state index in [1.807, 2.05) is 29.2 Å². The highest BCUT2D eigenvalue weighted by molar-refractivity contribution is 5.75. The zero-order valence-electron chi connectivity index (χ0n) is 7.27. The molecular formula is C9H13N3O. The maximum Gasteiger partial charge on any atom is 0.205 e. The topological polar surface area (TPSA) is 61.5 Å². The molecule has 70 valence electrons. The van der Waals surface area contributed by atoms with Gasteiger partial charge in [-0.15, -0.1) is 0 Å². The SMILES string of the molecule is NCCN1c2ccccc2NC1O. The van der Waals surface area contributed by atoms with Crippen LogP contribution >= 0.6 is 0 Å². The molecule has 1 heterocycles. The molecule has 0 radical (unpaired) electrons. The molecule has 0 aliphatic carbocycles. The van der Waals surface area contributed by atoms with E-state index in [0.717, 1.165) is 11.4 Å². The summed E-state index contributed by atoms with van der Waals surface area (Å²) in [5.74, 6) is 0. The molecule has 4 nitrogen and oxygen atoms in total. The monoisotopic (exact) mass is 179 g/mol. The highest BCUT2D eigenvalue weighted by Crippen LogP contribution is 2.32. The molecule has 0 amide bonds. The van der Waals surface area contributed by atoms with Crippen molar-refractivity contribution in [2.75, 3.05) is 23.3 Å². The van der Waals surface area contributed by atoms with Gasteiger partial charge >= 0.3 is 0 Å². The van der Waals surface area contributed by atoms with Crippen molar-refractivity contribution in [1.29, 1.82) is 0 Å². The van der Waals surface area contributed by atoms with Crippen molar-refractivity contribution in [3.63, 3.8) is 0 Å². The largest absolute Gasteiger partial charge is 0.356 e. The minimum absolute atomic E-state index is 0.535. The summed E-state index contributed by atoms with van der Waals surface area (Å²) in [7, 11) is 0. The number of para-hydroxylation sites is 2. The Morgan fingerprint density at radius 1 is 1.46 bits per heavy atom. The summed E-state index contributed by atoms with van der Waals surface area (Å²) in [4.78, 5) is 1.84. The second kappa shape index (κ2) is 3.24. The number of aliphatic hydroxyl groups excluding tert-OH is 1. The lowest BCUT2D eigenvalue weighted by atomic mass is 10.2.